The van der Waals surface area contributed by atoms with Crippen LogP contribution in [0.1, 0.15) is 25.3 Å². The lowest BCUT2D eigenvalue weighted by atomic mass is 10.1. The van der Waals surface area contributed by atoms with E-state index in [9.17, 15) is 4.39 Å². The fraction of sp³-hybridized carbons (Fsp3) is 0.571. The molecule has 1 aromatic carbocycles. The van der Waals surface area contributed by atoms with Gasteiger partial charge in [-0.15, -0.1) is 11.6 Å². The normalized spacial score (nSPS) is 12.4. The molecule has 2 nitrogen and oxygen atoms in total. The van der Waals surface area contributed by atoms with Crippen molar-refractivity contribution in [2.45, 2.75) is 26.3 Å². The van der Waals surface area contributed by atoms with Crippen LogP contribution < -0.4 is 10.1 Å². The lowest BCUT2D eigenvalue weighted by molar-refractivity contribution is 0.410. The van der Waals surface area contributed by atoms with Crippen LogP contribution in [0, 0.1) is 11.7 Å². The fourth-order valence-corrected chi connectivity index (χ4v) is 1.83. The Kier molecular flexibility index (Phi) is 7.06. The first-order valence-electron chi connectivity index (χ1n) is 6.26. The second kappa shape index (κ2) is 8.33. The first-order chi connectivity index (χ1) is 8.67. The average Bonchev–Trinajstić information content (AvgIpc) is 2.39. The van der Waals surface area contributed by atoms with Crippen molar-refractivity contribution < 1.29 is 9.13 Å². The molecule has 0 amide bonds. The summed E-state index contributed by atoms with van der Waals surface area (Å²) < 4.78 is 18.6. The van der Waals surface area contributed by atoms with Gasteiger partial charge in [-0.25, -0.2) is 4.39 Å². The van der Waals surface area contributed by atoms with Gasteiger partial charge in [-0.2, -0.15) is 0 Å². The van der Waals surface area contributed by atoms with Crippen LogP contribution in [0.5, 0.6) is 5.75 Å². The number of hydrogen-bond acceptors (Lipinski definition) is 2. The number of ether oxygens (including phenoxy) is 1. The number of hydrogen-bond donors (Lipinski definition) is 1. The van der Waals surface area contributed by atoms with Crippen molar-refractivity contribution in [3.05, 3.63) is 29.6 Å². The molecule has 1 unspecified atom stereocenters. The first-order valence-corrected chi connectivity index (χ1v) is 6.80. The summed E-state index contributed by atoms with van der Waals surface area (Å²) in [4.78, 5) is 0. The maximum absolute atomic E-state index is 13.6. The van der Waals surface area contributed by atoms with E-state index < -0.39 is 0 Å². The summed E-state index contributed by atoms with van der Waals surface area (Å²) in [5.41, 5.74) is 0.668. The largest absolute Gasteiger partial charge is 0.497 e. The highest BCUT2D eigenvalue weighted by Gasteiger charge is 2.04. The Morgan fingerprint density at radius 1 is 1.44 bits per heavy atom. The Morgan fingerprint density at radius 2 is 2.22 bits per heavy atom. The third-order valence-electron chi connectivity index (χ3n) is 2.89. The van der Waals surface area contributed by atoms with E-state index in [0.29, 0.717) is 29.7 Å². The predicted molar refractivity (Wildman–Crippen MR) is 73.8 cm³/mol. The molecule has 0 spiro atoms. The third-order valence-corrected chi connectivity index (χ3v) is 3.42. The molecule has 1 atom stereocenters. The zero-order chi connectivity index (χ0) is 13.4. The molecule has 1 N–H and O–H groups in total. The van der Waals surface area contributed by atoms with Crippen LogP contribution in [0.3, 0.4) is 0 Å². The van der Waals surface area contributed by atoms with Gasteiger partial charge in [0.2, 0.25) is 0 Å². The van der Waals surface area contributed by atoms with Crippen molar-refractivity contribution in [2.24, 2.45) is 5.92 Å². The minimum absolute atomic E-state index is 0.226. The number of benzene rings is 1. The van der Waals surface area contributed by atoms with Gasteiger partial charge >= 0.3 is 0 Å². The standard InChI is InChI=1S/C14H21ClFNO/c1-11(9-15)4-3-7-17-10-12-5-6-13(18-2)8-14(12)16/h5-6,8,11,17H,3-4,7,9-10H2,1-2H3. The molecule has 0 aliphatic rings. The summed E-state index contributed by atoms with van der Waals surface area (Å²) >= 11 is 5.73. The second-order valence-corrected chi connectivity index (χ2v) is 4.84. The molecule has 18 heavy (non-hydrogen) atoms. The molecule has 0 aliphatic carbocycles. The van der Waals surface area contributed by atoms with Gasteiger partial charge in [-0.3, -0.25) is 0 Å². The van der Waals surface area contributed by atoms with Crippen LogP contribution in [0.15, 0.2) is 18.2 Å². The van der Waals surface area contributed by atoms with Gasteiger partial charge in [-0.05, 0) is 31.4 Å². The van der Waals surface area contributed by atoms with Crippen LogP contribution in [-0.4, -0.2) is 19.5 Å². The van der Waals surface area contributed by atoms with E-state index in [-0.39, 0.29) is 5.82 Å². The van der Waals surface area contributed by atoms with Gasteiger partial charge < -0.3 is 10.1 Å². The average molecular weight is 274 g/mol. The van der Waals surface area contributed by atoms with Gasteiger partial charge in [0.25, 0.3) is 0 Å². The van der Waals surface area contributed by atoms with Crippen molar-refractivity contribution >= 4 is 11.6 Å². The Bertz CT molecular complexity index is 360. The van der Waals surface area contributed by atoms with Gasteiger partial charge in [0.1, 0.15) is 11.6 Å². The SMILES string of the molecule is COc1ccc(CNCCCC(C)CCl)c(F)c1. The first kappa shape index (κ1) is 15.3. The molecule has 0 heterocycles. The lowest BCUT2D eigenvalue weighted by Crippen LogP contribution is -2.16. The molecule has 4 heteroatoms. The van der Waals surface area contributed by atoms with Crippen LogP contribution in [0.2, 0.25) is 0 Å². The van der Waals surface area contributed by atoms with Crippen molar-refractivity contribution in [1.82, 2.24) is 5.32 Å². The smallest absolute Gasteiger partial charge is 0.131 e. The van der Waals surface area contributed by atoms with E-state index in [4.69, 9.17) is 16.3 Å². The van der Waals surface area contributed by atoms with Crippen molar-refractivity contribution in [2.75, 3.05) is 19.5 Å². The number of alkyl halides is 1. The predicted octanol–water partition coefficient (Wildman–Crippen LogP) is 3.58. The van der Waals surface area contributed by atoms with Crippen molar-refractivity contribution in [1.29, 1.82) is 0 Å². The highest BCUT2D eigenvalue weighted by atomic mass is 35.5. The van der Waals surface area contributed by atoms with E-state index in [1.54, 1.807) is 12.1 Å². The molecule has 102 valence electrons. The molecular formula is C14H21ClFNO. The van der Waals surface area contributed by atoms with E-state index in [1.165, 1.54) is 13.2 Å². The Labute approximate surface area is 113 Å². The number of nitrogens with one attached hydrogen (secondary N) is 1. The second-order valence-electron chi connectivity index (χ2n) is 4.54. The van der Waals surface area contributed by atoms with Crippen LogP contribution in [0.25, 0.3) is 0 Å². The zero-order valence-electron chi connectivity index (χ0n) is 11.0. The lowest BCUT2D eigenvalue weighted by Gasteiger charge is -2.09. The van der Waals surface area contributed by atoms with Crippen LogP contribution in [0.4, 0.5) is 4.39 Å². The molecule has 0 aliphatic heterocycles. The zero-order valence-corrected chi connectivity index (χ0v) is 11.8. The summed E-state index contributed by atoms with van der Waals surface area (Å²) in [5.74, 6) is 1.57. The van der Waals surface area contributed by atoms with Crippen molar-refractivity contribution in [3.63, 3.8) is 0 Å². The summed E-state index contributed by atoms with van der Waals surface area (Å²) in [7, 11) is 1.53. The Hall–Kier alpha value is -0.800. The van der Waals surface area contributed by atoms with Crippen LogP contribution >= 0.6 is 11.6 Å². The molecule has 0 bridgehead atoms. The molecule has 0 radical (unpaired) electrons. The fourth-order valence-electron chi connectivity index (χ4n) is 1.67. The van der Waals surface area contributed by atoms with Gasteiger partial charge in [-0.1, -0.05) is 13.0 Å². The highest BCUT2D eigenvalue weighted by Crippen LogP contribution is 2.16. The van der Waals surface area contributed by atoms with Gasteiger partial charge in [0.15, 0.2) is 0 Å². The quantitative estimate of drug-likeness (QED) is 0.577. The summed E-state index contributed by atoms with van der Waals surface area (Å²) in [6.07, 6.45) is 2.16. The molecule has 0 saturated carbocycles. The minimum Gasteiger partial charge on any atom is -0.497 e. The van der Waals surface area contributed by atoms with E-state index in [1.807, 2.05) is 0 Å². The molecule has 1 aromatic rings. The summed E-state index contributed by atoms with van der Waals surface area (Å²) in [6.45, 7) is 3.56. The minimum atomic E-state index is -0.226. The van der Waals surface area contributed by atoms with Crippen molar-refractivity contribution in [3.8, 4) is 5.75 Å². The highest BCUT2D eigenvalue weighted by molar-refractivity contribution is 6.18. The van der Waals surface area contributed by atoms with E-state index in [0.717, 1.165) is 19.4 Å². The molecule has 0 saturated heterocycles. The van der Waals surface area contributed by atoms with E-state index in [2.05, 4.69) is 12.2 Å². The molecular weight excluding hydrogens is 253 g/mol. The third kappa shape index (κ3) is 5.23. The summed E-state index contributed by atoms with van der Waals surface area (Å²) in [6, 6.07) is 4.94. The summed E-state index contributed by atoms with van der Waals surface area (Å²) in [5, 5.41) is 3.24. The maximum Gasteiger partial charge on any atom is 0.131 e. The van der Waals surface area contributed by atoms with Crippen LogP contribution in [-0.2, 0) is 6.54 Å². The molecule has 0 aromatic heterocycles. The van der Waals surface area contributed by atoms with Gasteiger partial charge in [0, 0.05) is 24.1 Å². The number of methoxy groups -OCH3 is 1. The van der Waals surface area contributed by atoms with Gasteiger partial charge in [0.05, 0.1) is 7.11 Å². The number of rotatable bonds is 8. The monoisotopic (exact) mass is 273 g/mol. The van der Waals surface area contributed by atoms with E-state index >= 15 is 0 Å². The maximum atomic E-state index is 13.6. The topological polar surface area (TPSA) is 21.3 Å². The Balaban J connectivity index is 2.27. The molecule has 0 fully saturated rings. The molecule has 1 rings (SSSR count). The Morgan fingerprint density at radius 3 is 2.83 bits per heavy atom. The number of halogens is 2.